The first-order chi connectivity index (χ1) is 12.0. The molecule has 0 aliphatic heterocycles. The number of nitrogens with zero attached hydrogens (tertiary/aromatic N) is 1. The summed E-state index contributed by atoms with van der Waals surface area (Å²) in [6, 6.07) is 11.1. The minimum atomic E-state index is -0.0668. The predicted octanol–water partition coefficient (Wildman–Crippen LogP) is 4.20. The number of methoxy groups -OCH3 is 1. The number of ketones is 1. The highest BCUT2D eigenvalue weighted by Crippen LogP contribution is 2.28. The number of benzene rings is 1. The minimum Gasteiger partial charge on any atom is -0.496 e. The van der Waals surface area contributed by atoms with Crippen LogP contribution >= 0.6 is 0 Å². The van der Waals surface area contributed by atoms with Crippen LogP contribution in [0.5, 0.6) is 11.5 Å². The number of pyridine rings is 1. The van der Waals surface area contributed by atoms with Crippen LogP contribution in [0.4, 0.5) is 5.82 Å². The molecule has 0 aliphatic rings. The van der Waals surface area contributed by atoms with Gasteiger partial charge >= 0.3 is 0 Å². The molecule has 0 spiro atoms. The van der Waals surface area contributed by atoms with Crippen molar-refractivity contribution in [3.05, 3.63) is 48.2 Å². The molecule has 25 heavy (non-hydrogen) atoms. The van der Waals surface area contributed by atoms with E-state index in [-0.39, 0.29) is 17.8 Å². The Bertz CT molecular complexity index is 689. The topological polar surface area (TPSA) is 60.5 Å². The third-order valence-electron chi connectivity index (χ3n) is 4.07. The number of carbonyl (C=O) groups excluding carboxylic acids is 1. The van der Waals surface area contributed by atoms with Crippen molar-refractivity contribution in [1.29, 1.82) is 0 Å². The van der Waals surface area contributed by atoms with Gasteiger partial charge in [-0.25, -0.2) is 4.98 Å². The Labute approximate surface area is 149 Å². The van der Waals surface area contributed by atoms with Crippen molar-refractivity contribution in [3.63, 3.8) is 0 Å². The van der Waals surface area contributed by atoms with Crippen molar-refractivity contribution in [2.75, 3.05) is 19.0 Å². The molecule has 0 fully saturated rings. The van der Waals surface area contributed by atoms with Crippen molar-refractivity contribution in [2.24, 2.45) is 5.92 Å². The van der Waals surface area contributed by atoms with E-state index in [2.05, 4.69) is 10.3 Å². The molecule has 0 bridgehead atoms. The van der Waals surface area contributed by atoms with Gasteiger partial charge in [0.2, 0.25) is 0 Å². The van der Waals surface area contributed by atoms with Crippen LogP contribution in [0, 0.1) is 5.92 Å². The van der Waals surface area contributed by atoms with Gasteiger partial charge in [0.25, 0.3) is 0 Å². The van der Waals surface area contributed by atoms with Gasteiger partial charge in [-0.1, -0.05) is 19.9 Å². The van der Waals surface area contributed by atoms with Crippen molar-refractivity contribution in [3.8, 4) is 11.5 Å². The Hall–Kier alpha value is -2.56. The van der Waals surface area contributed by atoms with Gasteiger partial charge in [-0.2, -0.15) is 0 Å². The van der Waals surface area contributed by atoms with E-state index in [0.717, 1.165) is 12.2 Å². The molecule has 0 saturated heterocycles. The molecule has 2 aromatic rings. The van der Waals surface area contributed by atoms with Crippen LogP contribution in [0.15, 0.2) is 42.6 Å². The quantitative estimate of drug-likeness (QED) is 0.692. The number of aromatic nitrogens is 1. The first-order valence-corrected chi connectivity index (χ1v) is 8.59. The summed E-state index contributed by atoms with van der Waals surface area (Å²) in [5.74, 6) is 2.10. The van der Waals surface area contributed by atoms with Crippen molar-refractivity contribution in [1.82, 2.24) is 4.98 Å². The number of carbonyl (C=O) groups is 1. The van der Waals surface area contributed by atoms with Gasteiger partial charge in [-0.15, -0.1) is 0 Å². The lowest BCUT2D eigenvalue weighted by Gasteiger charge is -2.18. The molecule has 5 nitrogen and oxygen atoms in total. The maximum absolute atomic E-state index is 12.4. The van der Waals surface area contributed by atoms with Gasteiger partial charge in [0, 0.05) is 18.2 Å². The van der Waals surface area contributed by atoms with E-state index in [1.807, 2.05) is 45.0 Å². The Morgan fingerprint density at radius 1 is 1.24 bits per heavy atom. The fourth-order valence-electron chi connectivity index (χ4n) is 2.39. The normalized spacial score (nSPS) is 13.0. The molecule has 5 heteroatoms. The van der Waals surface area contributed by atoms with Gasteiger partial charge in [-0.3, -0.25) is 4.79 Å². The smallest absolute Gasteiger partial charge is 0.169 e. The molecule has 2 unspecified atom stereocenters. The lowest BCUT2D eigenvalue weighted by atomic mass is 9.96. The molecular weight excluding hydrogens is 316 g/mol. The second-order valence-electron chi connectivity index (χ2n) is 6.06. The zero-order valence-corrected chi connectivity index (χ0v) is 15.3. The summed E-state index contributed by atoms with van der Waals surface area (Å²) in [6.45, 7) is 6.52. The summed E-state index contributed by atoms with van der Waals surface area (Å²) in [5, 5.41) is 3.22. The van der Waals surface area contributed by atoms with Gasteiger partial charge < -0.3 is 14.8 Å². The number of hydrogen-bond acceptors (Lipinski definition) is 5. The zero-order chi connectivity index (χ0) is 18.2. The van der Waals surface area contributed by atoms with Gasteiger partial charge in [0.1, 0.15) is 23.4 Å². The predicted molar refractivity (Wildman–Crippen MR) is 99.6 cm³/mol. The molecule has 0 saturated carbocycles. The highest BCUT2D eigenvalue weighted by molar-refractivity contribution is 6.00. The van der Waals surface area contributed by atoms with Crippen LogP contribution in [-0.2, 0) is 0 Å². The Morgan fingerprint density at radius 2 is 2.04 bits per heavy atom. The van der Waals surface area contributed by atoms with Gasteiger partial charge in [-0.05, 0) is 37.6 Å². The first-order valence-electron chi connectivity index (χ1n) is 8.59. The second kappa shape index (κ2) is 9.06. The van der Waals surface area contributed by atoms with Crippen LogP contribution in [0.3, 0.4) is 0 Å². The average Bonchev–Trinajstić information content (AvgIpc) is 2.65. The molecule has 1 N–H and O–H groups in total. The van der Waals surface area contributed by atoms with Crippen molar-refractivity contribution >= 4 is 11.6 Å². The number of anilines is 1. The Kier molecular flexibility index (Phi) is 6.81. The number of rotatable bonds is 9. The van der Waals surface area contributed by atoms with E-state index in [4.69, 9.17) is 9.47 Å². The monoisotopic (exact) mass is 342 g/mol. The minimum absolute atomic E-state index is 0.0258. The van der Waals surface area contributed by atoms with Crippen molar-refractivity contribution < 1.29 is 14.3 Å². The molecule has 1 heterocycles. The molecule has 0 amide bonds. The zero-order valence-electron chi connectivity index (χ0n) is 15.3. The highest BCUT2D eigenvalue weighted by atomic mass is 16.5. The van der Waals surface area contributed by atoms with E-state index >= 15 is 0 Å². The molecular formula is C20H26N2O3. The SMILES string of the molecule is CCC(C)C(=O)c1ccc(OC(C)CNc2ccccn2)cc1OC. The van der Waals surface area contributed by atoms with Gasteiger partial charge in [0.05, 0.1) is 19.2 Å². The maximum Gasteiger partial charge on any atom is 0.169 e. The third kappa shape index (κ3) is 5.21. The molecule has 0 aliphatic carbocycles. The van der Waals surface area contributed by atoms with E-state index < -0.39 is 0 Å². The molecule has 1 aromatic heterocycles. The number of nitrogens with one attached hydrogen (secondary N) is 1. The summed E-state index contributed by atoms with van der Waals surface area (Å²) >= 11 is 0. The average molecular weight is 342 g/mol. The van der Waals surface area contributed by atoms with Crippen LogP contribution < -0.4 is 14.8 Å². The first kappa shape index (κ1) is 18.8. The van der Waals surface area contributed by atoms with Crippen LogP contribution in [0.25, 0.3) is 0 Å². The molecule has 1 aromatic carbocycles. The molecule has 0 radical (unpaired) electrons. The van der Waals surface area contributed by atoms with E-state index in [1.165, 1.54) is 0 Å². The molecule has 2 rings (SSSR count). The summed E-state index contributed by atoms with van der Waals surface area (Å²) < 4.78 is 11.3. The van der Waals surface area contributed by atoms with Crippen LogP contribution in [-0.4, -0.2) is 30.5 Å². The summed E-state index contributed by atoms with van der Waals surface area (Å²) in [7, 11) is 1.57. The van der Waals surface area contributed by atoms with Crippen LogP contribution in [0.1, 0.15) is 37.6 Å². The van der Waals surface area contributed by atoms with E-state index in [9.17, 15) is 4.79 Å². The molecule has 134 valence electrons. The summed E-state index contributed by atoms with van der Waals surface area (Å²) in [6.07, 6.45) is 2.48. The molecule has 2 atom stereocenters. The van der Waals surface area contributed by atoms with E-state index in [1.54, 1.807) is 25.4 Å². The number of Topliss-reactive ketones (excluding diaryl/α,β-unsaturated/α-hetero) is 1. The third-order valence-corrected chi connectivity index (χ3v) is 4.07. The van der Waals surface area contributed by atoms with E-state index in [0.29, 0.717) is 23.6 Å². The lowest BCUT2D eigenvalue weighted by Crippen LogP contribution is -2.23. The highest BCUT2D eigenvalue weighted by Gasteiger charge is 2.18. The largest absolute Gasteiger partial charge is 0.496 e. The Morgan fingerprint density at radius 3 is 2.68 bits per heavy atom. The van der Waals surface area contributed by atoms with Gasteiger partial charge in [0.15, 0.2) is 5.78 Å². The summed E-state index contributed by atoms with van der Waals surface area (Å²) in [4.78, 5) is 16.6. The number of hydrogen-bond donors (Lipinski definition) is 1. The lowest BCUT2D eigenvalue weighted by molar-refractivity contribution is 0.0924. The van der Waals surface area contributed by atoms with Crippen molar-refractivity contribution in [2.45, 2.75) is 33.3 Å². The maximum atomic E-state index is 12.4. The number of ether oxygens (including phenoxy) is 2. The summed E-state index contributed by atoms with van der Waals surface area (Å²) in [5.41, 5.74) is 0.600. The fraction of sp³-hybridized carbons (Fsp3) is 0.400. The Balaban J connectivity index is 2.01. The van der Waals surface area contributed by atoms with Crippen LogP contribution in [0.2, 0.25) is 0 Å². The fourth-order valence-corrected chi connectivity index (χ4v) is 2.39. The standard InChI is InChI=1S/C20H26N2O3/c1-5-14(2)20(23)17-10-9-16(12-18(17)24-4)25-15(3)13-22-19-8-6-7-11-21-19/h6-12,14-15H,5,13H2,1-4H3,(H,21,22). The second-order valence-corrected chi connectivity index (χ2v) is 6.06.